The van der Waals surface area contributed by atoms with Crippen molar-refractivity contribution in [1.29, 1.82) is 0 Å². The molecule has 3 saturated carbocycles. The average molecular weight is 1430 g/mol. The zero-order valence-corrected chi connectivity index (χ0v) is 54.5. The van der Waals surface area contributed by atoms with Crippen molar-refractivity contribution in [2.45, 2.75) is 108 Å². The highest BCUT2D eigenvalue weighted by atomic mass is 79.9. The summed E-state index contributed by atoms with van der Waals surface area (Å²) in [5.41, 5.74) is 0.932. The predicted molar refractivity (Wildman–Crippen MR) is 347 cm³/mol. The normalized spacial score (nSPS) is 15.8. The summed E-state index contributed by atoms with van der Waals surface area (Å²) in [4.78, 5) is 87.8. The Morgan fingerprint density at radius 2 is 1.03 bits per heavy atom. The van der Waals surface area contributed by atoms with Gasteiger partial charge in [0.2, 0.25) is 5.91 Å². The van der Waals surface area contributed by atoms with E-state index >= 15 is 0 Å². The molecule has 6 aromatic heterocycles. The first-order valence-corrected chi connectivity index (χ1v) is 31.0. The van der Waals surface area contributed by atoms with Gasteiger partial charge in [-0.15, -0.1) is 12.4 Å². The van der Waals surface area contributed by atoms with Gasteiger partial charge >= 0.3 is 19.1 Å². The lowest BCUT2D eigenvalue weighted by Crippen LogP contribution is -2.60. The van der Waals surface area contributed by atoms with Gasteiger partial charge in [0.15, 0.2) is 0 Å². The molecular formula is C61H60BBrCl4F5N11O10. The fraction of sp³-hybridized carbons (Fsp3) is 0.361. The number of halogens is 10. The first kappa shape index (κ1) is 69.9. The molecular weight excluding hydrogens is 1370 g/mol. The number of likely N-dealkylation sites (tertiary alicyclic amines) is 1. The number of aliphatic carboxylic acids is 1. The fourth-order valence-electron chi connectivity index (χ4n) is 10.3. The van der Waals surface area contributed by atoms with Crippen LogP contribution in [0, 0.1) is 17.5 Å². The van der Waals surface area contributed by atoms with Crippen LogP contribution in [-0.2, 0) is 38.8 Å². The second kappa shape index (κ2) is 28.7. The van der Waals surface area contributed by atoms with Crippen LogP contribution in [0.2, 0.25) is 15.1 Å². The molecule has 4 N–H and O–H groups in total. The van der Waals surface area contributed by atoms with Gasteiger partial charge in [0, 0.05) is 60.9 Å². The zero-order valence-electron chi connectivity index (χ0n) is 49.9. The van der Waals surface area contributed by atoms with Gasteiger partial charge in [-0.3, -0.25) is 42.5 Å². The van der Waals surface area contributed by atoms with E-state index in [9.17, 15) is 50.7 Å². The van der Waals surface area contributed by atoms with Crippen LogP contribution in [-0.4, -0.2) is 131 Å². The standard InChI is InChI=1S/C21H19ClF2N4O2.C17H13ClFN3O3.C13H14BrN3O3.C6H5BClFO2.C4H8FN.ClH/c1-21(24)9-27(10-21)17(29)8-26-11-25-19-18(20(26)30)14(7-28(19)13-3-4-13)12-2-5-16(23)15(22)6-12;18-12-5-9(1-4-13(12)19)11-6-22(10-2-3-10)16-15(11)17(25)21(8-20-16)7-14(23)24;1-2-20-10(18)6-16-7-15-12-11(13(16)19)9(14)5-17(12)8-3-4-8;8-5-3-4(7(10)11)1-2-6(5)9;1-4(5)2-6-3-4;/h2,5-7,11,13H,3-4,8-10H2,1H3;1,4-6,8,10H,2-3,7H2,(H,23,24);5,7-8H,2-4,6H2,1H3;1-3,10-11H;6H,2-3H2,1H3;1H. The van der Waals surface area contributed by atoms with Crippen LogP contribution >= 0.6 is 63.1 Å². The number of benzene rings is 3. The number of carbonyl (C=O) groups excluding carboxylic acids is 2. The predicted octanol–water partition coefficient (Wildman–Crippen LogP) is 9.40. The van der Waals surface area contributed by atoms with Crippen LogP contribution in [0.25, 0.3) is 55.4 Å². The van der Waals surface area contributed by atoms with Crippen molar-refractivity contribution >= 4 is 127 Å². The molecule has 0 atom stereocenters. The smallest absolute Gasteiger partial charge is 0.480 e. The van der Waals surface area contributed by atoms with Crippen molar-refractivity contribution in [3.63, 3.8) is 0 Å². The molecule has 21 nitrogen and oxygen atoms in total. The van der Waals surface area contributed by atoms with Crippen molar-refractivity contribution < 1.29 is 56.2 Å². The van der Waals surface area contributed by atoms with Gasteiger partial charge in [-0.2, -0.15) is 0 Å². The number of carbonyl (C=O) groups is 3. The number of hydrogen-bond donors (Lipinski definition) is 4. The Bertz CT molecular complexity index is 4520. The summed E-state index contributed by atoms with van der Waals surface area (Å²) >= 11 is 20.6. The first-order chi connectivity index (χ1) is 43.6. The fourth-order valence-corrected chi connectivity index (χ4v) is 11.4. The molecule has 3 aliphatic carbocycles. The van der Waals surface area contributed by atoms with E-state index in [-0.39, 0.29) is 88.2 Å². The average Bonchev–Trinajstić information content (AvgIpc) is 1.62. The minimum absolute atomic E-state index is 0. The lowest BCUT2D eigenvalue weighted by molar-refractivity contribution is -0.145. The Labute approximate surface area is 556 Å². The molecule has 14 rings (SSSR count). The number of ether oxygens (including phenoxy) is 1. The number of nitrogens with zero attached hydrogens (tertiary/aromatic N) is 10. The number of aromatic nitrogens is 9. The highest BCUT2D eigenvalue weighted by Crippen LogP contribution is 2.43. The van der Waals surface area contributed by atoms with Crippen LogP contribution in [0.5, 0.6) is 0 Å². The molecule has 2 aliphatic heterocycles. The number of alkyl halides is 2. The lowest BCUT2D eigenvalue weighted by Gasteiger charge is -2.42. The van der Waals surface area contributed by atoms with Crippen molar-refractivity contribution in [1.82, 2.24) is 52.6 Å². The highest BCUT2D eigenvalue weighted by molar-refractivity contribution is 9.10. The Hall–Kier alpha value is -7.44. The minimum Gasteiger partial charge on any atom is -0.480 e. The third-order valence-electron chi connectivity index (χ3n) is 15.5. The van der Waals surface area contributed by atoms with Gasteiger partial charge in [-0.05, 0) is 128 Å². The zero-order chi connectivity index (χ0) is 66.2. The van der Waals surface area contributed by atoms with Crippen LogP contribution in [0.15, 0.2) is 111 Å². The molecule has 5 aliphatic rings. The van der Waals surface area contributed by atoms with Gasteiger partial charge in [0.05, 0.1) is 55.4 Å². The molecule has 0 unspecified atom stereocenters. The Morgan fingerprint density at radius 1 is 0.634 bits per heavy atom. The monoisotopic (exact) mass is 1430 g/mol. The maximum atomic E-state index is 13.7. The van der Waals surface area contributed by atoms with E-state index in [1.165, 1.54) is 76.3 Å². The molecule has 8 heterocycles. The van der Waals surface area contributed by atoms with Crippen LogP contribution in [0.3, 0.4) is 0 Å². The van der Waals surface area contributed by atoms with Crippen LogP contribution < -0.4 is 27.5 Å². The molecule has 492 valence electrons. The SMILES string of the molecule is CC1(F)CN(C(=O)Cn2cnc3c(c(-c4ccc(F)c(Cl)c4)cn3C3CC3)c2=O)C1.CC1(F)CNC1.CCOC(=O)Cn1cnc2c(c(Br)cn2C2CC2)c1=O.Cl.O=C(O)Cn1cnc2c(c(-c3ccc(F)c(Cl)c3)cn2C2CC2)c1=O.OB(O)c1ccc(F)c(Cl)c1. The number of esters is 1. The molecule has 0 radical (unpaired) electrons. The minimum atomic E-state index is -1.60. The van der Waals surface area contributed by atoms with E-state index < -0.39 is 60.0 Å². The van der Waals surface area contributed by atoms with E-state index in [0.717, 1.165) is 53.6 Å². The summed E-state index contributed by atoms with van der Waals surface area (Å²) in [7, 11) is -1.60. The van der Waals surface area contributed by atoms with Gasteiger partial charge < -0.3 is 43.8 Å². The number of hydrogen-bond acceptors (Lipinski definition) is 13. The quantitative estimate of drug-likeness (QED) is 0.0477. The molecule has 2 saturated heterocycles. The number of amides is 1. The molecule has 3 aromatic carbocycles. The van der Waals surface area contributed by atoms with Crippen molar-refractivity contribution in [3.8, 4) is 22.3 Å². The number of carboxylic acids is 1. The second-order valence-corrected chi connectivity index (χ2v) is 25.4. The number of fused-ring (bicyclic) bond motifs is 3. The van der Waals surface area contributed by atoms with Gasteiger partial charge in [-0.1, -0.05) is 53.0 Å². The molecule has 0 spiro atoms. The Kier molecular flexibility index (Phi) is 21.5. The van der Waals surface area contributed by atoms with Crippen LogP contribution in [0.4, 0.5) is 22.0 Å². The van der Waals surface area contributed by atoms with Gasteiger partial charge in [0.1, 0.15) is 84.3 Å². The maximum Gasteiger partial charge on any atom is 0.488 e. The molecule has 9 aromatic rings. The topological polar surface area (TPSA) is 256 Å². The van der Waals surface area contributed by atoms with E-state index in [1.807, 2.05) is 32.3 Å². The molecule has 32 heteroatoms. The first-order valence-electron chi connectivity index (χ1n) is 29.0. The largest absolute Gasteiger partial charge is 0.488 e. The number of carboxylic acid groups (broad SMARTS) is 1. The highest BCUT2D eigenvalue weighted by Gasteiger charge is 2.42. The third kappa shape index (κ3) is 16.2. The lowest BCUT2D eigenvalue weighted by atomic mass is 9.80. The van der Waals surface area contributed by atoms with E-state index in [0.29, 0.717) is 81.1 Å². The van der Waals surface area contributed by atoms with Gasteiger partial charge in [-0.25, -0.2) is 36.9 Å². The van der Waals surface area contributed by atoms with Crippen LogP contribution in [0.1, 0.15) is 77.4 Å². The summed E-state index contributed by atoms with van der Waals surface area (Å²) < 4.78 is 80.5. The molecule has 93 heavy (non-hydrogen) atoms. The van der Waals surface area contributed by atoms with E-state index in [1.54, 1.807) is 26.0 Å². The molecule has 5 fully saturated rings. The van der Waals surface area contributed by atoms with Gasteiger partial charge in [0.25, 0.3) is 16.7 Å². The second-order valence-electron chi connectivity index (χ2n) is 23.3. The molecule has 0 bridgehead atoms. The Morgan fingerprint density at radius 3 is 1.41 bits per heavy atom. The summed E-state index contributed by atoms with van der Waals surface area (Å²) in [5, 5.41) is 30.0. The Balaban J connectivity index is 0.000000147. The van der Waals surface area contributed by atoms with E-state index in [4.69, 9.17) is 54.7 Å². The summed E-state index contributed by atoms with van der Waals surface area (Å²) in [6.45, 7) is 5.38. The van der Waals surface area contributed by atoms with E-state index in [2.05, 4.69) is 36.2 Å². The van der Waals surface area contributed by atoms with Crippen molar-refractivity contribution in [3.05, 3.63) is 160 Å². The van der Waals surface area contributed by atoms with Crippen molar-refractivity contribution in [2.24, 2.45) is 0 Å². The molecule has 1 amide bonds. The third-order valence-corrected chi connectivity index (χ3v) is 16.9. The van der Waals surface area contributed by atoms with Crippen molar-refractivity contribution in [2.75, 3.05) is 32.8 Å². The maximum absolute atomic E-state index is 13.7. The number of rotatable bonds is 13. The summed E-state index contributed by atoms with van der Waals surface area (Å²) in [6, 6.07) is 13.0. The number of nitrogens with one attached hydrogen (secondary N) is 1. The summed E-state index contributed by atoms with van der Waals surface area (Å²) in [6.07, 6.45) is 15.8. The summed E-state index contributed by atoms with van der Waals surface area (Å²) in [5.74, 6) is -3.55.